The molecule has 0 amide bonds. The maximum Gasteiger partial charge on any atom is 0.160 e. The second kappa shape index (κ2) is 23.7. The summed E-state index contributed by atoms with van der Waals surface area (Å²) in [7, 11) is 0. The molecule has 0 aliphatic heterocycles. The van der Waals surface area contributed by atoms with Gasteiger partial charge in [-0.05, 0) is 124 Å². The van der Waals surface area contributed by atoms with Crippen LogP contribution in [-0.2, 0) is 0 Å². The highest BCUT2D eigenvalue weighted by atomic mass is 14.9. The molecule has 18 aromatic rings. The molecule has 4 heterocycles. The molecule has 18 rings (SSSR count). The van der Waals surface area contributed by atoms with Gasteiger partial charge in [-0.1, -0.05) is 291 Å². The molecule has 0 radical (unpaired) electrons. The SMILES string of the molecule is c1ccc(-c2c3ccccc3c(-c3cc(-c4ccc(-c5cnc6ccccc6c5)cc4)nc(-c4ccc(-c5ccc(-c6nc(-c7ccc(-c8cnc9ccccc9c8)cc7)cc(-c7c8ccccc8c(-c8ccccc8)c8ccccc78)n6)cc5)cc4)n3)c3ccccc23)cc1. The van der Waals surface area contributed by atoms with Crippen molar-refractivity contribution in [2.45, 2.75) is 0 Å². The van der Waals surface area contributed by atoms with Crippen LogP contribution in [0.3, 0.4) is 0 Å². The fourth-order valence-corrected chi connectivity index (χ4v) is 14.1. The number of benzene rings is 14. The minimum atomic E-state index is 0.635. The standard InChI is InChI=1S/C90H56N6/c1-3-19-63(20-4-1)85-71-25-9-13-29-75(71)87(76-30-14-10-26-72(76)85)83-53-81(61-43-35-59(36-44-61)69-51-67-23-7-17-33-79(67)91-55-69)93-89(95-83)65-47-39-57(40-48-65)58-41-49-66(50-42-58)90-94-82(62-45-37-60(38-46-62)70-52-68-24-8-18-34-80(68)92-56-70)54-84(96-90)88-77-31-15-11-27-73(77)86(64-21-5-2-6-22-64)74-28-12-16-32-78(74)88/h1-56H. The van der Waals surface area contributed by atoms with Crippen molar-refractivity contribution < 1.29 is 0 Å². The lowest BCUT2D eigenvalue weighted by Gasteiger charge is -2.18. The molecule has 446 valence electrons. The molecule has 6 heteroatoms. The van der Waals surface area contributed by atoms with E-state index in [4.69, 9.17) is 29.9 Å². The van der Waals surface area contributed by atoms with Crippen LogP contribution < -0.4 is 0 Å². The highest BCUT2D eigenvalue weighted by Gasteiger charge is 2.23. The summed E-state index contributed by atoms with van der Waals surface area (Å²) in [5.41, 5.74) is 22.4. The number of hydrogen-bond acceptors (Lipinski definition) is 6. The Kier molecular flexibility index (Phi) is 13.8. The highest BCUT2D eigenvalue weighted by Crippen LogP contribution is 2.47. The molecule has 6 nitrogen and oxygen atoms in total. The number of para-hydroxylation sites is 2. The maximum atomic E-state index is 5.55. The van der Waals surface area contributed by atoms with Crippen molar-refractivity contribution in [3.63, 3.8) is 0 Å². The summed E-state index contributed by atoms with van der Waals surface area (Å²) < 4.78 is 0. The lowest BCUT2D eigenvalue weighted by Crippen LogP contribution is -1.98. The van der Waals surface area contributed by atoms with Gasteiger partial charge >= 0.3 is 0 Å². The van der Waals surface area contributed by atoms with Crippen molar-refractivity contribution in [3.05, 3.63) is 340 Å². The zero-order valence-electron chi connectivity index (χ0n) is 52.0. The van der Waals surface area contributed by atoms with E-state index in [-0.39, 0.29) is 0 Å². The number of hydrogen-bond donors (Lipinski definition) is 0. The summed E-state index contributed by atoms with van der Waals surface area (Å²) in [4.78, 5) is 31.5. The Morgan fingerprint density at radius 3 is 0.771 bits per heavy atom. The van der Waals surface area contributed by atoms with Gasteiger partial charge in [-0.25, -0.2) is 19.9 Å². The fraction of sp³-hybridized carbons (Fsp3) is 0. The first-order chi connectivity index (χ1) is 47.6. The second-order valence-corrected chi connectivity index (χ2v) is 24.5. The van der Waals surface area contributed by atoms with Gasteiger partial charge in [-0.15, -0.1) is 0 Å². The van der Waals surface area contributed by atoms with E-state index in [9.17, 15) is 0 Å². The van der Waals surface area contributed by atoms with Crippen LogP contribution in [0, 0.1) is 0 Å². The Morgan fingerprint density at radius 2 is 0.427 bits per heavy atom. The number of rotatable bonds is 11. The first-order valence-electron chi connectivity index (χ1n) is 32.5. The third kappa shape index (κ3) is 10.1. The number of aromatic nitrogens is 6. The summed E-state index contributed by atoms with van der Waals surface area (Å²) in [5, 5.41) is 11.4. The summed E-state index contributed by atoms with van der Waals surface area (Å²) in [6, 6.07) is 116. The third-order valence-corrected chi connectivity index (χ3v) is 18.8. The van der Waals surface area contributed by atoms with Crippen molar-refractivity contribution in [1.82, 2.24) is 29.9 Å². The topological polar surface area (TPSA) is 77.3 Å². The molecule has 0 saturated heterocycles. The van der Waals surface area contributed by atoms with Crippen LogP contribution in [0.1, 0.15) is 0 Å². The number of nitrogens with zero attached hydrogens (tertiary/aromatic N) is 6. The quantitative estimate of drug-likeness (QED) is 0.120. The molecule has 0 atom stereocenters. The lowest BCUT2D eigenvalue weighted by molar-refractivity contribution is 1.19. The van der Waals surface area contributed by atoms with Crippen LogP contribution >= 0.6 is 0 Å². The Morgan fingerprint density at radius 1 is 0.167 bits per heavy atom. The predicted molar refractivity (Wildman–Crippen MR) is 398 cm³/mol. The Bertz CT molecular complexity index is 5540. The van der Waals surface area contributed by atoms with Gasteiger partial charge < -0.3 is 0 Å². The van der Waals surface area contributed by atoms with E-state index in [1.807, 2.05) is 36.7 Å². The van der Waals surface area contributed by atoms with Crippen LogP contribution in [0.25, 0.3) is 188 Å². The summed E-state index contributed by atoms with van der Waals surface area (Å²) in [6.07, 6.45) is 3.91. The molecule has 14 aromatic carbocycles. The highest BCUT2D eigenvalue weighted by molar-refractivity contribution is 6.22. The molecule has 0 spiro atoms. The molecule has 0 N–H and O–H groups in total. The number of pyridine rings is 2. The normalized spacial score (nSPS) is 11.5. The van der Waals surface area contributed by atoms with Gasteiger partial charge in [0.15, 0.2) is 11.6 Å². The van der Waals surface area contributed by atoms with Gasteiger partial charge in [-0.3, -0.25) is 9.97 Å². The molecular formula is C90H56N6. The summed E-state index contributed by atoms with van der Waals surface area (Å²) >= 11 is 0. The minimum absolute atomic E-state index is 0.635. The van der Waals surface area contributed by atoms with Gasteiger partial charge in [0.1, 0.15) is 0 Å². The Labute approximate surface area is 554 Å². The average Bonchev–Trinajstić information content (AvgIpc) is 0.744. The van der Waals surface area contributed by atoms with Gasteiger partial charge in [0.25, 0.3) is 0 Å². The third-order valence-electron chi connectivity index (χ3n) is 18.8. The van der Waals surface area contributed by atoms with Crippen LogP contribution in [-0.4, -0.2) is 29.9 Å². The Balaban J connectivity index is 0.736. The van der Waals surface area contributed by atoms with E-state index >= 15 is 0 Å². The zero-order chi connectivity index (χ0) is 63.5. The van der Waals surface area contributed by atoms with E-state index in [1.54, 1.807) is 0 Å². The van der Waals surface area contributed by atoms with Crippen molar-refractivity contribution in [2.24, 2.45) is 0 Å². The maximum absolute atomic E-state index is 5.55. The molecule has 0 aliphatic rings. The molecule has 0 bridgehead atoms. The van der Waals surface area contributed by atoms with E-state index < -0.39 is 0 Å². The van der Waals surface area contributed by atoms with Crippen LogP contribution in [0.5, 0.6) is 0 Å². The Hall–Kier alpha value is -12.9. The van der Waals surface area contributed by atoms with Gasteiger partial charge in [0, 0.05) is 67.7 Å². The van der Waals surface area contributed by atoms with E-state index in [0.29, 0.717) is 11.6 Å². The van der Waals surface area contributed by atoms with Crippen LogP contribution in [0.2, 0.25) is 0 Å². The van der Waals surface area contributed by atoms with Crippen LogP contribution in [0.4, 0.5) is 0 Å². The largest absolute Gasteiger partial charge is 0.256 e. The minimum Gasteiger partial charge on any atom is -0.256 e. The molecule has 0 unspecified atom stereocenters. The lowest BCUT2D eigenvalue weighted by atomic mass is 9.87. The molecule has 4 aromatic heterocycles. The van der Waals surface area contributed by atoms with Crippen molar-refractivity contribution in [2.75, 3.05) is 0 Å². The summed E-state index contributed by atoms with van der Waals surface area (Å²) in [6.45, 7) is 0. The van der Waals surface area contributed by atoms with Gasteiger partial charge in [-0.2, -0.15) is 0 Å². The van der Waals surface area contributed by atoms with Crippen molar-refractivity contribution in [1.29, 1.82) is 0 Å². The fourth-order valence-electron chi connectivity index (χ4n) is 14.1. The van der Waals surface area contributed by atoms with E-state index in [1.165, 1.54) is 43.8 Å². The number of fused-ring (bicyclic) bond motifs is 6. The smallest absolute Gasteiger partial charge is 0.160 e. The molecule has 0 fully saturated rings. The first-order valence-corrected chi connectivity index (χ1v) is 32.5. The van der Waals surface area contributed by atoms with E-state index in [2.05, 4.69) is 303 Å². The van der Waals surface area contributed by atoms with E-state index in [0.717, 1.165) is 133 Å². The van der Waals surface area contributed by atoms with Crippen molar-refractivity contribution >= 4 is 64.9 Å². The van der Waals surface area contributed by atoms with Gasteiger partial charge in [0.05, 0.1) is 33.8 Å². The van der Waals surface area contributed by atoms with Crippen LogP contribution in [0.15, 0.2) is 340 Å². The average molecular weight is 1220 g/mol. The second-order valence-electron chi connectivity index (χ2n) is 24.5. The van der Waals surface area contributed by atoms with Crippen molar-refractivity contribution in [3.8, 4) is 123 Å². The zero-order valence-corrected chi connectivity index (χ0v) is 52.0. The monoisotopic (exact) mass is 1220 g/mol. The van der Waals surface area contributed by atoms with Gasteiger partial charge in [0.2, 0.25) is 0 Å². The molecule has 0 aliphatic carbocycles. The molecular weight excluding hydrogens is 1170 g/mol. The molecule has 96 heavy (non-hydrogen) atoms. The predicted octanol–water partition coefficient (Wildman–Crippen LogP) is 23.3. The summed E-state index contributed by atoms with van der Waals surface area (Å²) in [5.74, 6) is 1.27. The molecule has 0 saturated carbocycles. The first kappa shape index (κ1) is 55.9.